The van der Waals surface area contributed by atoms with Crippen LogP contribution in [0.2, 0.25) is 0 Å². The van der Waals surface area contributed by atoms with Gasteiger partial charge in [-0.15, -0.1) is 5.10 Å². The van der Waals surface area contributed by atoms with Crippen LogP contribution < -0.4 is 21.1 Å². The van der Waals surface area contributed by atoms with Gasteiger partial charge in [0.1, 0.15) is 0 Å². The van der Waals surface area contributed by atoms with Gasteiger partial charge in [0, 0.05) is 50.5 Å². The van der Waals surface area contributed by atoms with Gasteiger partial charge in [-0.1, -0.05) is 29.8 Å². The minimum atomic E-state index is -0.141. The maximum Gasteiger partial charge on any atom is 0.299 e. The summed E-state index contributed by atoms with van der Waals surface area (Å²) in [7, 11) is 0. The second kappa shape index (κ2) is 9.80. The number of rotatable bonds is 8. The van der Waals surface area contributed by atoms with E-state index in [-0.39, 0.29) is 5.56 Å². The molecule has 2 atom stereocenters. The largest absolute Gasteiger partial charge is 0.349 e. The quantitative estimate of drug-likeness (QED) is 0.512. The van der Waals surface area contributed by atoms with Crippen LogP contribution in [0, 0.1) is 6.92 Å². The highest BCUT2D eigenvalue weighted by molar-refractivity contribution is 5.40. The standard InChI is InChI=1S/C25H31N7O/c1-18-6-8-19(9-7-18)21-16-22(21)27-10-2-4-20-17-32(23-5-3-11-28-30-23)25(33)24(29-20)31-14-12-26-13-15-31/h3,5-9,11,17,21-22,26-27H,2,4,10,12-16H2,1H3/t21-,22+/m0/s1. The minimum Gasteiger partial charge on any atom is -0.349 e. The van der Waals surface area contributed by atoms with E-state index in [0.717, 1.165) is 51.3 Å². The summed E-state index contributed by atoms with van der Waals surface area (Å²) >= 11 is 0. The molecule has 0 bridgehead atoms. The van der Waals surface area contributed by atoms with E-state index in [1.807, 2.05) is 6.20 Å². The molecule has 1 saturated heterocycles. The summed E-state index contributed by atoms with van der Waals surface area (Å²) in [4.78, 5) is 20.0. The Labute approximate surface area is 194 Å². The van der Waals surface area contributed by atoms with Crippen molar-refractivity contribution in [3.05, 3.63) is 76.0 Å². The van der Waals surface area contributed by atoms with E-state index < -0.39 is 0 Å². The van der Waals surface area contributed by atoms with E-state index in [2.05, 4.69) is 56.9 Å². The van der Waals surface area contributed by atoms with Crippen LogP contribution in [0.15, 0.2) is 53.6 Å². The Morgan fingerprint density at radius 2 is 1.97 bits per heavy atom. The monoisotopic (exact) mass is 445 g/mol. The summed E-state index contributed by atoms with van der Waals surface area (Å²) in [5.41, 5.74) is 3.50. The van der Waals surface area contributed by atoms with Crippen molar-refractivity contribution in [3.63, 3.8) is 0 Å². The lowest BCUT2D eigenvalue weighted by atomic mass is 10.1. The minimum absolute atomic E-state index is 0.141. The van der Waals surface area contributed by atoms with Gasteiger partial charge in [0.25, 0.3) is 5.56 Å². The summed E-state index contributed by atoms with van der Waals surface area (Å²) < 4.78 is 1.59. The van der Waals surface area contributed by atoms with Crippen LogP contribution in [0.1, 0.15) is 35.6 Å². The Morgan fingerprint density at radius 3 is 2.73 bits per heavy atom. The molecule has 3 aromatic rings. The molecule has 8 heteroatoms. The highest BCUT2D eigenvalue weighted by Gasteiger charge is 2.37. The van der Waals surface area contributed by atoms with E-state index in [1.54, 1.807) is 22.9 Å². The molecule has 1 aliphatic heterocycles. The molecule has 0 radical (unpaired) electrons. The molecule has 2 fully saturated rings. The first-order chi connectivity index (χ1) is 16.2. The van der Waals surface area contributed by atoms with Crippen molar-refractivity contribution in [2.24, 2.45) is 0 Å². The summed E-state index contributed by atoms with van der Waals surface area (Å²) in [5.74, 6) is 1.66. The topological polar surface area (TPSA) is 88.0 Å². The predicted octanol–water partition coefficient (Wildman–Crippen LogP) is 1.82. The molecular weight excluding hydrogens is 414 g/mol. The van der Waals surface area contributed by atoms with Gasteiger partial charge < -0.3 is 15.5 Å². The van der Waals surface area contributed by atoms with Crippen molar-refractivity contribution in [1.82, 2.24) is 30.4 Å². The first-order valence-electron chi connectivity index (χ1n) is 11.9. The van der Waals surface area contributed by atoms with Gasteiger partial charge in [-0.25, -0.2) is 4.98 Å². The molecule has 2 aliphatic rings. The van der Waals surface area contributed by atoms with Gasteiger partial charge in [-0.3, -0.25) is 9.36 Å². The van der Waals surface area contributed by atoms with Gasteiger partial charge >= 0.3 is 0 Å². The van der Waals surface area contributed by atoms with Gasteiger partial charge in [-0.05, 0) is 50.4 Å². The maximum atomic E-state index is 13.2. The fourth-order valence-corrected chi connectivity index (χ4v) is 4.48. The molecule has 5 rings (SSSR count). The fourth-order valence-electron chi connectivity index (χ4n) is 4.48. The zero-order valence-electron chi connectivity index (χ0n) is 19.1. The number of hydrogen-bond acceptors (Lipinski definition) is 7. The molecule has 33 heavy (non-hydrogen) atoms. The molecule has 3 heterocycles. The molecular formula is C25H31N7O. The fraction of sp³-hybridized carbons (Fsp3) is 0.440. The zero-order chi connectivity index (χ0) is 22.6. The summed E-state index contributed by atoms with van der Waals surface area (Å²) in [6, 6.07) is 13.0. The van der Waals surface area contributed by atoms with E-state index in [0.29, 0.717) is 23.6 Å². The number of piperazine rings is 1. The second-order valence-corrected chi connectivity index (χ2v) is 8.97. The number of aromatic nitrogens is 4. The third-order valence-corrected chi connectivity index (χ3v) is 6.47. The number of nitrogens with one attached hydrogen (secondary N) is 2. The van der Waals surface area contributed by atoms with Crippen molar-refractivity contribution < 1.29 is 0 Å². The van der Waals surface area contributed by atoms with Crippen LogP contribution in [0.25, 0.3) is 5.82 Å². The van der Waals surface area contributed by atoms with Crippen LogP contribution in [0.5, 0.6) is 0 Å². The van der Waals surface area contributed by atoms with E-state index in [4.69, 9.17) is 4.98 Å². The third kappa shape index (κ3) is 5.12. The molecule has 172 valence electrons. The highest BCUT2D eigenvalue weighted by Crippen LogP contribution is 2.40. The Hall–Kier alpha value is -3.10. The summed E-state index contributed by atoms with van der Waals surface area (Å²) in [6.45, 7) is 6.31. The number of anilines is 1. The average Bonchev–Trinajstić information content (AvgIpc) is 3.64. The molecule has 8 nitrogen and oxygen atoms in total. The van der Waals surface area contributed by atoms with Crippen LogP contribution in [0.3, 0.4) is 0 Å². The second-order valence-electron chi connectivity index (χ2n) is 8.97. The van der Waals surface area contributed by atoms with Crippen molar-refractivity contribution in [2.45, 2.75) is 38.1 Å². The predicted molar refractivity (Wildman–Crippen MR) is 129 cm³/mol. The molecule has 2 N–H and O–H groups in total. The van der Waals surface area contributed by atoms with Crippen LogP contribution in [-0.4, -0.2) is 58.5 Å². The Kier molecular flexibility index (Phi) is 6.46. The number of aryl methyl sites for hydroxylation is 2. The lowest BCUT2D eigenvalue weighted by Crippen LogP contribution is -2.46. The SMILES string of the molecule is Cc1ccc([C@@H]2C[C@H]2NCCCc2cn(-c3cccnn3)c(=O)c(N3CCNCC3)n2)cc1. The van der Waals surface area contributed by atoms with Crippen molar-refractivity contribution in [3.8, 4) is 5.82 Å². The van der Waals surface area contributed by atoms with E-state index in [9.17, 15) is 4.79 Å². The Balaban J connectivity index is 1.25. The van der Waals surface area contributed by atoms with Crippen molar-refractivity contribution in [2.75, 3.05) is 37.6 Å². The van der Waals surface area contributed by atoms with Crippen molar-refractivity contribution >= 4 is 5.82 Å². The van der Waals surface area contributed by atoms with Crippen LogP contribution in [0.4, 0.5) is 5.82 Å². The van der Waals surface area contributed by atoms with Gasteiger partial charge in [-0.2, -0.15) is 5.10 Å². The van der Waals surface area contributed by atoms with E-state index in [1.165, 1.54) is 17.5 Å². The molecule has 0 unspecified atom stereocenters. The molecule has 1 aromatic carbocycles. The average molecular weight is 446 g/mol. The number of benzene rings is 1. The number of nitrogens with zero attached hydrogens (tertiary/aromatic N) is 5. The smallest absolute Gasteiger partial charge is 0.299 e. The van der Waals surface area contributed by atoms with Crippen LogP contribution >= 0.6 is 0 Å². The third-order valence-electron chi connectivity index (χ3n) is 6.47. The molecule has 2 aromatic heterocycles. The Morgan fingerprint density at radius 1 is 1.15 bits per heavy atom. The van der Waals surface area contributed by atoms with Gasteiger partial charge in [0.2, 0.25) is 0 Å². The zero-order valence-corrected chi connectivity index (χ0v) is 19.1. The van der Waals surface area contributed by atoms with Gasteiger partial charge in [0.05, 0.1) is 5.69 Å². The summed E-state index contributed by atoms with van der Waals surface area (Å²) in [5, 5.41) is 15.1. The maximum absolute atomic E-state index is 13.2. The van der Waals surface area contributed by atoms with Crippen molar-refractivity contribution in [1.29, 1.82) is 0 Å². The highest BCUT2D eigenvalue weighted by atomic mass is 16.1. The Bertz CT molecular complexity index is 1120. The lowest BCUT2D eigenvalue weighted by molar-refractivity contribution is 0.578. The summed E-state index contributed by atoms with van der Waals surface area (Å²) in [6.07, 6.45) is 6.40. The first-order valence-corrected chi connectivity index (χ1v) is 11.9. The lowest BCUT2D eigenvalue weighted by Gasteiger charge is -2.28. The number of hydrogen-bond donors (Lipinski definition) is 2. The molecule has 0 amide bonds. The van der Waals surface area contributed by atoms with Crippen LogP contribution in [-0.2, 0) is 6.42 Å². The van der Waals surface area contributed by atoms with Gasteiger partial charge in [0.15, 0.2) is 11.6 Å². The molecule has 1 saturated carbocycles. The molecule has 0 spiro atoms. The normalized spacial score (nSPS) is 20.1. The molecule has 1 aliphatic carbocycles. The van der Waals surface area contributed by atoms with E-state index >= 15 is 0 Å². The first kappa shape index (κ1) is 21.7.